The van der Waals surface area contributed by atoms with E-state index >= 15 is 0 Å². The van der Waals surface area contributed by atoms with Crippen LogP contribution in [0.1, 0.15) is 99.8 Å². The highest BCUT2D eigenvalue weighted by Crippen LogP contribution is 2.59. The number of halogens is 1. The molecule has 6 heteroatoms. The second-order valence-corrected chi connectivity index (χ2v) is 12.5. The Bertz CT molecular complexity index is 942. The van der Waals surface area contributed by atoms with Crippen molar-refractivity contribution in [3.8, 4) is 0 Å². The second kappa shape index (κ2) is 11.8. The van der Waals surface area contributed by atoms with Crippen LogP contribution in [0.4, 0.5) is 4.39 Å². The summed E-state index contributed by atoms with van der Waals surface area (Å²) in [4.78, 5) is 23.3. The molecule has 0 heterocycles. The maximum absolute atomic E-state index is 14.4. The number of fused-ring (bicyclic) bond motifs is 1. The molecule has 1 fully saturated rings. The van der Waals surface area contributed by atoms with Gasteiger partial charge in [0.15, 0.2) is 0 Å². The highest BCUT2D eigenvalue weighted by Gasteiger charge is 2.50. The van der Waals surface area contributed by atoms with Crippen LogP contribution in [0, 0.1) is 23.2 Å². The van der Waals surface area contributed by atoms with Crippen molar-refractivity contribution in [1.82, 2.24) is 0 Å². The summed E-state index contributed by atoms with van der Waals surface area (Å²) >= 11 is 0. The molecule has 3 rings (SSSR count). The Kier molecular flexibility index (Phi) is 9.47. The summed E-state index contributed by atoms with van der Waals surface area (Å²) < 4.78 is 25.5. The van der Waals surface area contributed by atoms with Gasteiger partial charge in [-0.15, -0.1) is 0 Å². The Morgan fingerprint density at radius 2 is 1.86 bits per heavy atom. The summed E-state index contributed by atoms with van der Waals surface area (Å²) in [5.41, 5.74) is 2.30. The predicted molar refractivity (Wildman–Crippen MR) is 143 cm³/mol. The maximum atomic E-state index is 14.4. The van der Waals surface area contributed by atoms with E-state index in [-0.39, 0.29) is 29.6 Å². The van der Waals surface area contributed by atoms with Gasteiger partial charge in [0, 0.05) is 26.7 Å². The van der Waals surface area contributed by atoms with Crippen molar-refractivity contribution >= 4 is 11.9 Å². The predicted octanol–water partition coefficient (Wildman–Crippen LogP) is 6.79. The molecule has 0 aromatic rings. The van der Waals surface area contributed by atoms with Crippen LogP contribution in [0.2, 0.25) is 0 Å². The number of esters is 2. The molecular weight excluding hydrogens is 471 g/mol. The molecule has 0 spiro atoms. The lowest BCUT2D eigenvalue weighted by atomic mass is 9.62. The summed E-state index contributed by atoms with van der Waals surface area (Å²) in [5.74, 6) is 0.721. The Labute approximate surface area is 222 Å². The van der Waals surface area contributed by atoms with Crippen LogP contribution in [0.3, 0.4) is 0 Å². The van der Waals surface area contributed by atoms with E-state index in [1.54, 1.807) is 13.8 Å². The number of alkyl halides is 1. The molecule has 0 saturated heterocycles. The molecule has 0 aromatic carbocycles. The third-order valence-corrected chi connectivity index (χ3v) is 9.24. The molecule has 0 aromatic heterocycles. The second-order valence-electron chi connectivity index (χ2n) is 12.5. The van der Waals surface area contributed by atoms with E-state index in [9.17, 15) is 19.1 Å². The molecule has 0 radical (unpaired) electrons. The standard InChI is InChI=1S/C31H47FO5/c1-19(10-15-29(32)30(5,6)35)26-13-14-27-23(9-8-16-31(26,27)7)11-12-24-17-25(36-21(3)33)18-28(20(24)2)37-22(4)34/h9,11-12,19,25-29,35H,8,10,13-18H2,1-7H3/b12-11-/t19-,25+,26-,27+,28-,29+,31-/m1/s1. The van der Waals surface area contributed by atoms with E-state index in [0.29, 0.717) is 37.0 Å². The maximum Gasteiger partial charge on any atom is 0.303 e. The van der Waals surface area contributed by atoms with Gasteiger partial charge in [-0.1, -0.05) is 32.1 Å². The molecular formula is C31H47FO5. The summed E-state index contributed by atoms with van der Waals surface area (Å²) in [7, 11) is 0. The molecule has 1 saturated carbocycles. The van der Waals surface area contributed by atoms with Gasteiger partial charge in [-0.05, 0) is 99.2 Å². The molecule has 0 bridgehead atoms. The molecule has 3 aliphatic carbocycles. The quantitative estimate of drug-likeness (QED) is 0.340. The van der Waals surface area contributed by atoms with Crippen LogP contribution in [0.25, 0.3) is 0 Å². The number of ether oxygens (including phenoxy) is 2. The van der Waals surface area contributed by atoms with Crippen molar-refractivity contribution in [1.29, 1.82) is 0 Å². The van der Waals surface area contributed by atoms with E-state index < -0.39 is 11.8 Å². The number of carbonyl (C=O) groups is 2. The molecule has 208 valence electrons. The first-order chi connectivity index (χ1) is 17.2. The molecule has 0 unspecified atom stereocenters. The van der Waals surface area contributed by atoms with Crippen LogP contribution < -0.4 is 0 Å². The minimum Gasteiger partial charge on any atom is -0.462 e. The lowest BCUT2D eigenvalue weighted by Gasteiger charge is -2.43. The first-order valence-electron chi connectivity index (χ1n) is 14.0. The first-order valence-corrected chi connectivity index (χ1v) is 14.0. The van der Waals surface area contributed by atoms with Crippen molar-refractivity contribution in [2.75, 3.05) is 0 Å². The summed E-state index contributed by atoms with van der Waals surface area (Å²) in [6.07, 6.45) is 11.5. The average Bonchev–Trinajstić information content (AvgIpc) is 3.14. The zero-order valence-corrected chi connectivity index (χ0v) is 23.8. The van der Waals surface area contributed by atoms with Gasteiger partial charge >= 0.3 is 11.9 Å². The van der Waals surface area contributed by atoms with Crippen molar-refractivity contribution in [3.05, 3.63) is 34.9 Å². The van der Waals surface area contributed by atoms with Crippen LogP contribution >= 0.6 is 0 Å². The van der Waals surface area contributed by atoms with E-state index in [0.717, 1.165) is 43.3 Å². The largest absolute Gasteiger partial charge is 0.462 e. The van der Waals surface area contributed by atoms with Gasteiger partial charge in [0.1, 0.15) is 18.4 Å². The van der Waals surface area contributed by atoms with Crippen LogP contribution in [0.5, 0.6) is 0 Å². The van der Waals surface area contributed by atoms with Gasteiger partial charge < -0.3 is 14.6 Å². The number of carbonyl (C=O) groups excluding carboxylic acids is 2. The first kappa shape index (κ1) is 29.6. The van der Waals surface area contributed by atoms with Crippen molar-refractivity contribution in [3.63, 3.8) is 0 Å². The van der Waals surface area contributed by atoms with Gasteiger partial charge in [-0.25, -0.2) is 4.39 Å². The smallest absolute Gasteiger partial charge is 0.303 e. The number of aliphatic hydroxyl groups is 1. The molecule has 7 atom stereocenters. The minimum atomic E-state index is -1.29. The molecule has 5 nitrogen and oxygen atoms in total. The van der Waals surface area contributed by atoms with Crippen LogP contribution in [-0.2, 0) is 19.1 Å². The number of hydrogen-bond donors (Lipinski definition) is 1. The third-order valence-electron chi connectivity index (χ3n) is 9.24. The molecule has 0 amide bonds. The molecule has 3 aliphatic rings. The fourth-order valence-corrected chi connectivity index (χ4v) is 7.12. The van der Waals surface area contributed by atoms with Gasteiger partial charge in [0.05, 0.1) is 5.60 Å². The average molecular weight is 519 g/mol. The number of rotatable bonds is 9. The summed E-state index contributed by atoms with van der Waals surface area (Å²) in [6, 6.07) is 0. The SMILES string of the molecule is CC(=O)O[C@H]1CC(/C=C\C2=CCC[C@]3(C)[C@@H]([C@H](C)CC[C@H](F)C(C)(C)O)CC[C@@H]23)=C(C)[C@H](OC(C)=O)C1. The van der Waals surface area contributed by atoms with E-state index in [1.807, 2.05) is 6.92 Å². The molecule has 37 heavy (non-hydrogen) atoms. The molecule has 0 aliphatic heterocycles. The van der Waals surface area contributed by atoms with E-state index in [4.69, 9.17) is 9.47 Å². The Morgan fingerprint density at radius 1 is 1.19 bits per heavy atom. The Morgan fingerprint density at radius 3 is 2.49 bits per heavy atom. The fraction of sp³-hybridized carbons (Fsp3) is 0.742. The van der Waals surface area contributed by atoms with E-state index in [2.05, 4.69) is 32.1 Å². The topological polar surface area (TPSA) is 72.8 Å². The summed E-state index contributed by atoms with van der Waals surface area (Å²) in [6.45, 7) is 12.6. The van der Waals surface area contributed by atoms with Gasteiger partial charge in [-0.3, -0.25) is 9.59 Å². The van der Waals surface area contributed by atoms with Crippen molar-refractivity contribution in [2.24, 2.45) is 23.2 Å². The Hall–Kier alpha value is -1.95. The lowest BCUT2D eigenvalue weighted by Crippen LogP contribution is -2.36. The zero-order valence-electron chi connectivity index (χ0n) is 23.8. The Balaban J connectivity index is 1.74. The highest BCUT2D eigenvalue weighted by molar-refractivity contribution is 5.67. The fourth-order valence-electron chi connectivity index (χ4n) is 7.12. The number of hydrogen-bond acceptors (Lipinski definition) is 5. The normalized spacial score (nSPS) is 32.1. The number of allylic oxidation sites excluding steroid dienone is 4. The van der Waals surface area contributed by atoms with Gasteiger partial charge in [-0.2, -0.15) is 0 Å². The highest BCUT2D eigenvalue weighted by atomic mass is 19.1. The summed E-state index contributed by atoms with van der Waals surface area (Å²) in [5, 5.41) is 10.00. The van der Waals surface area contributed by atoms with Crippen LogP contribution in [0.15, 0.2) is 34.9 Å². The third kappa shape index (κ3) is 7.13. The van der Waals surface area contributed by atoms with Gasteiger partial charge in [0.2, 0.25) is 0 Å². The minimum absolute atomic E-state index is 0.172. The zero-order chi connectivity index (χ0) is 27.5. The van der Waals surface area contributed by atoms with Crippen LogP contribution in [-0.4, -0.2) is 41.0 Å². The van der Waals surface area contributed by atoms with Crippen molar-refractivity contribution in [2.45, 2.75) is 124 Å². The van der Waals surface area contributed by atoms with E-state index in [1.165, 1.54) is 19.4 Å². The monoisotopic (exact) mass is 518 g/mol. The van der Waals surface area contributed by atoms with Gasteiger partial charge in [0.25, 0.3) is 0 Å². The van der Waals surface area contributed by atoms with Crippen molar-refractivity contribution < 1.29 is 28.6 Å². The lowest BCUT2D eigenvalue weighted by molar-refractivity contribution is -0.151. The molecule has 1 N–H and O–H groups in total.